The minimum Gasteiger partial charge on any atom is -0.326 e. The minimum absolute atomic E-state index is 0. The molecular weight excluding hydrogens is 374 g/mol. The number of hydrogen-bond acceptors (Lipinski definition) is 3. The van der Waals surface area contributed by atoms with Crippen molar-refractivity contribution in [1.82, 2.24) is 0 Å². The number of hydrogen-bond donors (Lipinski definition) is 3. The summed E-state index contributed by atoms with van der Waals surface area (Å²) in [5.74, 6) is -0.0701. The van der Waals surface area contributed by atoms with Crippen LogP contribution in [0.1, 0.15) is 36.8 Å². The van der Waals surface area contributed by atoms with E-state index < -0.39 is 6.04 Å². The monoisotopic (exact) mass is 401 g/mol. The van der Waals surface area contributed by atoms with Crippen LogP contribution >= 0.6 is 12.4 Å². The van der Waals surface area contributed by atoms with Crippen LogP contribution in [0.15, 0.2) is 48.5 Å². The normalized spacial score (nSPS) is 14.8. The Bertz CT molecular complexity index is 805. The predicted octanol–water partition coefficient (Wildman–Crippen LogP) is 4.05. The molecule has 28 heavy (non-hydrogen) atoms. The molecule has 0 spiro atoms. The van der Waals surface area contributed by atoms with Gasteiger partial charge in [-0.2, -0.15) is 0 Å². The van der Waals surface area contributed by atoms with E-state index >= 15 is 0 Å². The molecule has 150 valence electrons. The summed E-state index contributed by atoms with van der Waals surface area (Å²) in [6, 6.07) is 14.6. The van der Waals surface area contributed by atoms with Crippen molar-refractivity contribution in [2.75, 3.05) is 10.6 Å². The molecule has 5 nitrogen and oxygen atoms in total. The lowest BCUT2D eigenvalue weighted by molar-refractivity contribution is -0.119. The second kappa shape index (κ2) is 10.2. The number of carbonyl (C=O) groups excluding carboxylic acids is 2. The lowest BCUT2D eigenvalue weighted by Gasteiger charge is -2.16. The number of aryl methyl sites for hydroxylation is 1. The van der Waals surface area contributed by atoms with Crippen LogP contribution in [0.25, 0.3) is 0 Å². The van der Waals surface area contributed by atoms with Crippen molar-refractivity contribution in [3.8, 4) is 0 Å². The highest BCUT2D eigenvalue weighted by molar-refractivity contribution is 5.97. The molecule has 0 radical (unpaired) electrons. The zero-order valence-corrected chi connectivity index (χ0v) is 16.9. The van der Waals surface area contributed by atoms with E-state index in [1.54, 1.807) is 6.07 Å². The predicted molar refractivity (Wildman–Crippen MR) is 116 cm³/mol. The molecule has 1 fully saturated rings. The molecule has 0 aliphatic heterocycles. The van der Waals surface area contributed by atoms with Gasteiger partial charge in [0.15, 0.2) is 0 Å². The molecule has 0 aromatic heterocycles. The van der Waals surface area contributed by atoms with Gasteiger partial charge in [0.1, 0.15) is 0 Å². The molecule has 0 saturated heterocycles. The van der Waals surface area contributed by atoms with Gasteiger partial charge in [0, 0.05) is 17.3 Å². The van der Waals surface area contributed by atoms with E-state index in [-0.39, 0.29) is 30.1 Å². The first kappa shape index (κ1) is 21.9. The molecule has 1 unspecified atom stereocenters. The second-order valence-electron chi connectivity index (χ2n) is 7.29. The molecule has 1 atom stereocenters. The smallest absolute Gasteiger partial charge is 0.241 e. The number of anilines is 2. The number of nitrogens with one attached hydrogen (secondary N) is 2. The Kier molecular flexibility index (Phi) is 8.03. The van der Waals surface area contributed by atoms with Gasteiger partial charge >= 0.3 is 0 Å². The molecule has 1 aliphatic rings. The summed E-state index contributed by atoms with van der Waals surface area (Å²) in [6.07, 6.45) is 4.62. The van der Waals surface area contributed by atoms with Crippen LogP contribution in [0, 0.1) is 12.8 Å². The fraction of sp³-hybridized carbons (Fsp3) is 0.364. The summed E-state index contributed by atoms with van der Waals surface area (Å²) in [5, 5.41) is 5.87. The molecule has 0 bridgehead atoms. The number of rotatable bonds is 6. The molecule has 2 aromatic rings. The molecule has 1 aliphatic carbocycles. The summed E-state index contributed by atoms with van der Waals surface area (Å²) in [4.78, 5) is 24.8. The average Bonchev–Trinajstić information content (AvgIpc) is 3.20. The van der Waals surface area contributed by atoms with Crippen molar-refractivity contribution in [3.63, 3.8) is 0 Å². The van der Waals surface area contributed by atoms with Gasteiger partial charge in [-0.25, -0.2) is 0 Å². The van der Waals surface area contributed by atoms with Crippen molar-refractivity contribution >= 4 is 35.6 Å². The zero-order chi connectivity index (χ0) is 19.2. The number of carbonyl (C=O) groups is 2. The summed E-state index contributed by atoms with van der Waals surface area (Å²) in [5.41, 5.74) is 9.39. The molecule has 1 saturated carbocycles. The molecule has 4 N–H and O–H groups in total. The third-order valence-corrected chi connectivity index (χ3v) is 5.12. The molecule has 6 heteroatoms. The highest BCUT2D eigenvalue weighted by Gasteiger charge is 2.23. The van der Waals surface area contributed by atoms with Crippen LogP contribution in [0.3, 0.4) is 0 Å². The quantitative estimate of drug-likeness (QED) is 0.682. The summed E-state index contributed by atoms with van der Waals surface area (Å²) in [6.45, 7) is 1.92. The number of halogens is 1. The van der Waals surface area contributed by atoms with E-state index in [9.17, 15) is 9.59 Å². The number of nitrogens with two attached hydrogens (primary N) is 1. The second-order valence-corrected chi connectivity index (χ2v) is 7.29. The molecule has 2 amide bonds. The van der Waals surface area contributed by atoms with E-state index in [1.165, 1.54) is 0 Å². The van der Waals surface area contributed by atoms with Crippen LogP contribution in [0.2, 0.25) is 0 Å². The maximum absolute atomic E-state index is 12.5. The first-order valence-electron chi connectivity index (χ1n) is 9.55. The number of amides is 2. The van der Waals surface area contributed by atoms with Gasteiger partial charge in [0.25, 0.3) is 0 Å². The van der Waals surface area contributed by atoms with Gasteiger partial charge in [-0.05, 0) is 49.4 Å². The Morgan fingerprint density at radius 1 is 1.07 bits per heavy atom. The third-order valence-electron chi connectivity index (χ3n) is 5.12. The summed E-state index contributed by atoms with van der Waals surface area (Å²) >= 11 is 0. The van der Waals surface area contributed by atoms with Crippen LogP contribution in [0.4, 0.5) is 11.4 Å². The van der Waals surface area contributed by atoms with Crippen LogP contribution in [-0.4, -0.2) is 17.9 Å². The first-order chi connectivity index (χ1) is 13.0. The third kappa shape index (κ3) is 5.81. The topological polar surface area (TPSA) is 84.2 Å². The summed E-state index contributed by atoms with van der Waals surface area (Å²) < 4.78 is 0. The maximum Gasteiger partial charge on any atom is 0.241 e. The van der Waals surface area contributed by atoms with E-state index in [0.717, 1.165) is 36.8 Å². The highest BCUT2D eigenvalue weighted by Crippen LogP contribution is 2.27. The number of benzene rings is 2. The maximum atomic E-state index is 12.5. The largest absolute Gasteiger partial charge is 0.326 e. The Balaban J connectivity index is 0.00000280. The Morgan fingerprint density at radius 2 is 1.75 bits per heavy atom. The van der Waals surface area contributed by atoms with Crippen molar-refractivity contribution < 1.29 is 9.59 Å². The molecule has 0 heterocycles. The van der Waals surface area contributed by atoms with Gasteiger partial charge in [0.05, 0.1) is 6.04 Å². The molecule has 2 aromatic carbocycles. The van der Waals surface area contributed by atoms with Gasteiger partial charge in [-0.3, -0.25) is 9.59 Å². The van der Waals surface area contributed by atoms with E-state index in [1.807, 2.05) is 49.4 Å². The first-order valence-corrected chi connectivity index (χ1v) is 9.55. The molecule has 3 rings (SSSR count). The van der Waals surface area contributed by atoms with Crippen LogP contribution < -0.4 is 16.4 Å². The summed E-state index contributed by atoms with van der Waals surface area (Å²) in [7, 11) is 0. The average molecular weight is 402 g/mol. The van der Waals surface area contributed by atoms with Gasteiger partial charge in [-0.15, -0.1) is 12.4 Å². The zero-order valence-electron chi connectivity index (χ0n) is 16.1. The minimum atomic E-state index is -0.636. The van der Waals surface area contributed by atoms with Crippen molar-refractivity contribution in [3.05, 3.63) is 59.7 Å². The van der Waals surface area contributed by atoms with E-state index in [0.29, 0.717) is 17.8 Å². The SMILES string of the molecule is Cc1ccc(NC(=O)C2CCCC2)cc1NC(=O)C(N)Cc1ccccc1.Cl. The van der Waals surface area contributed by atoms with Gasteiger partial charge < -0.3 is 16.4 Å². The lowest BCUT2D eigenvalue weighted by Crippen LogP contribution is -2.37. The van der Waals surface area contributed by atoms with E-state index in [4.69, 9.17) is 5.73 Å². The highest BCUT2D eigenvalue weighted by atomic mass is 35.5. The Morgan fingerprint density at radius 3 is 2.43 bits per heavy atom. The van der Waals surface area contributed by atoms with Crippen LogP contribution in [-0.2, 0) is 16.0 Å². The van der Waals surface area contributed by atoms with Gasteiger partial charge in [-0.1, -0.05) is 49.2 Å². The van der Waals surface area contributed by atoms with Crippen molar-refractivity contribution in [2.24, 2.45) is 11.7 Å². The standard InChI is InChI=1S/C22H27N3O2.ClH/c1-15-11-12-18(24-21(26)17-9-5-6-10-17)14-20(15)25-22(27)19(23)13-16-7-3-2-4-8-16;/h2-4,7-8,11-12,14,17,19H,5-6,9-10,13,23H2,1H3,(H,24,26)(H,25,27);1H. The lowest BCUT2D eigenvalue weighted by atomic mass is 10.1. The Labute approximate surface area is 172 Å². The van der Waals surface area contributed by atoms with Gasteiger partial charge in [0.2, 0.25) is 11.8 Å². The fourth-order valence-corrected chi connectivity index (χ4v) is 3.45. The fourth-order valence-electron chi connectivity index (χ4n) is 3.45. The van der Waals surface area contributed by atoms with Crippen LogP contribution in [0.5, 0.6) is 0 Å². The van der Waals surface area contributed by atoms with E-state index in [2.05, 4.69) is 10.6 Å². The Hall–Kier alpha value is -2.37. The van der Waals surface area contributed by atoms with Crippen molar-refractivity contribution in [2.45, 2.75) is 45.1 Å². The van der Waals surface area contributed by atoms with Crippen molar-refractivity contribution in [1.29, 1.82) is 0 Å². The molecular formula is C22H28ClN3O2.